The van der Waals surface area contributed by atoms with Crippen molar-refractivity contribution < 1.29 is 13.9 Å². The van der Waals surface area contributed by atoms with E-state index >= 15 is 0 Å². The van der Waals surface area contributed by atoms with Crippen molar-refractivity contribution >= 4 is 39.9 Å². The van der Waals surface area contributed by atoms with Crippen molar-refractivity contribution in [3.05, 3.63) is 63.5 Å². The van der Waals surface area contributed by atoms with Crippen LogP contribution in [0, 0.1) is 0 Å². The standard InChI is InChI=1S/C27H30ClN3O4/c1-2-15-34-21-8-9-24-23(17-21)22-7-4-10-31(26(22)27(33)35-24)25(32)18-29-11-13-30(14-12-29)20-6-3-5-19(28)16-20/h3,5-6,8-9,16-17H,2,4,7,10-15,18H2,1H3. The minimum absolute atomic E-state index is 0.0628. The highest BCUT2D eigenvalue weighted by Crippen LogP contribution is 2.33. The number of nitrogens with zero attached hydrogens (tertiary/aromatic N) is 3. The van der Waals surface area contributed by atoms with Gasteiger partial charge in [-0.05, 0) is 61.2 Å². The molecule has 0 aliphatic carbocycles. The summed E-state index contributed by atoms with van der Waals surface area (Å²) in [5.74, 6) is 0.684. The highest BCUT2D eigenvalue weighted by molar-refractivity contribution is 6.30. The van der Waals surface area contributed by atoms with Gasteiger partial charge in [0.1, 0.15) is 17.0 Å². The number of piperazine rings is 1. The summed E-state index contributed by atoms with van der Waals surface area (Å²) in [6.45, 7) is 6.65. The van der Waals surface area contributed by atoms with E-state index < -0.39 is 5.63 Å². The van der Waals surface area contributed by atoms with E-state index in [2.05, 4.69) is 22.8 Å². The van der Waals surface area contributed by atoms with Crippen LogP contribution in [0.5, 0.6) is 5.75 Å². The van der Waals surface area contributed by atoms with Gasteiger partial charge in [-0.1, -0.05) is 24.6 Å². The summed E-state index contributed by atoms with van der Waals surface area (Å²) in [5.41, 5.74) is 2.44. The molecule has 184 valence electrons. The van der Waals surface area contributed by atoms with Crippen molar-refractivity contribution in [1.29, 1.82) is 0 Å². The van der Waals surface area contributed by atoms with Crippen molar-refractivity contribution in [3.63, 3.8) is 0 Å². The quantitative estimate of drug-likeness (QED) is 0.474. The molecule has 1 saturated heterocycles. The van der Waals surface area contributed by atoms with Gasteiger partial charge in [0.2, 0.25) is 5.91 Å². The number of rotatable bonds is 6. The number of halogens is 1. The summed E-state index contributed by atoms with van der Waals surface area (Å²) >= 11 is 6.14. The summed E-state index contributed by atoms with van der Waals surface area (Å²) in [7, 11) is 0. The van der Waals surface area contributed by atoms with E-state index in [4.69, 9.17) is 20.8 Å². The van der Waals surface area contributed by atoms with Crippen LogP contribution in [0.3, 0.4) is 0 Å². The number of aryl methyl sites for hydroxylation is 1. The lowest BCUT2D eigenvalue weighted by molar-refractivity contribution is -0.119. The van der Waals surface area contributed by atoms with Crippen LogP contribution in [0.25, 0.3) is 11.0 Å². The predicted octanol–water partition coefficient (Wildman–Crippen LogP) is 4.34. The van der Waals surface area contributed by atoms with Crippen molar-refractivity contribution in [3.8, 4) is 5.75 Å². The van der Waals surface area contributed by atoms with Gasteiger partial charge in [0.05, 0.1) is 13.2 Å². The number of carbonyl (C=O) groups excluding carboxylic acids is 1. The van der Waals surface area contributed by atoms with Gasteiger partial charge in [0.15, 0.2) is 0 Å². The molecule has 0 spiro atoms. The topological polar surface area (TPSA) is 66.2 Å². The molecule has 0 bridgehead atoms. The van der Waals surface area contributed by atoms with Crippen LogP contribution >= 0.6 is 11.6 Å². The first-order valence-corrected chi connectivity index (χ1v) is 12.7. The molecule has 0 unspecified atom stereocenters. The lowest BCUT2D eigenvalue weighted by Crippen LogP contribution is -2.51. The fraction of sp³-hybridized carbons (Fsp3) is 0.407. The van der Waals surface area contributed by atoms with Crippen molar-refractivity contribution in [2.45, 2.75) is 26.2 Å². The molecule has 2 aliphatic rings. The van der Waals surface area contributed by atoms with Gasteiger partial charge in [0, 0.05) is 48.8 Å². The number of anilines is 2. The van der Waals surface area contributed by atoms with E-state index in [9.17, 15) is 9.59 Å². The second-order valence-electron chi connectivity index (χ2n) is 9.12. The Bertz CT molecular complexity index is 1280. The summed E-state index contributed by atoms with van der Waals surface area (Å²) in [4.78, 5) is 32.4. The molecule has 2 aliphatic heterocycles. The highest BCUT2D eigenvalue weighted by atomic mass is 35.5. The molecule has 0 N–H and O–H groups in total. The van der Waals surface area contributed by atoms with Crippen LogP contribution in [-0.2, 0) is 11.2 Å². The van der Waals surface area contributed by atoms with Crippen molar-refractivity contribution in [2.24, 2.45) is 0 Å². The molecule has 1 fully saturated rings. The molecule has 1 aromatic heterocycles. The predicted molar refractivity (Wildman–Crippen MR) is 139 cm³/mol. The Labute approximate surface area is 209 Å². The van der Waals surface area contributed by atoms with Gasteiger partial charge < -0.3 is 19.0 Å². The molecule has 2 aromatic carbocycles. The highest BCUT2D eigenvalue weighted by Gasteiger charge is 2.30. The zero-order valence-corrected chi connectivity index (χ0v) is 20.7. The van der Waals surface area contributed by atoms with Crippen LogP contribution in [-0.4, -0.2) is 56.7 Å². The molecule has 35 heavy (non-hydrogen) atoms. The molecular formula is C27H30ClN3O4. The third kappa shape index (κ3) is 5.02. The molecule has 0 atom stereocenters. The lowest BCUT2D eigenvalue weighted by Gasteiger charge is -2.37. The van der Waals surface area contributed by atoms with Gasteiger partial charge in [-0.15, -0.1) is 0 Å². The monoisotopic (exact) mass is 495 g/mol. The first kappa shape index (κ1) is 23.7. The summed E-state index contributed by atoms with van der Waals surface area (Å²) in [6.07, 6.45) is 2.45. The van der Waals surface area contributed by atoms with Gasteiger partial charge in [-0.3, -0.25) is 9.69 Å². The third-order valence-corrected chi connectivity index (χ3v) is 6.95. The Kier molecular flexibility index (Phi) is 6.97. The Hall–Kier alpha value is -3.03. The molecule has 0 radical (unpaired) electrons. The Morgan fingerprint density at radius 1 is 1.09 bits per heavy atom. The fourth-order valence-corrected chi connectivity index (χ4v) is 5.14. The largest absolute Gasteiger partial charge is 0.494 e. The molecule has 5 rings (SSSR count). The zero-order valence-electron chi connectivity index (χ0n) is 20.0. The maximum absolute atomic E-state index is 13.4. The normalized spacial score (nSPS) is 16.4. The number of hydrogen-bond acceptors (Lipinski definition) is 6. The average Bonchev–Trinajstić information content (AvgIpc) is 2.88. The van der Waals surface area contributed by atoms with Gasteiger partial charge in [0.25, 0.3) is 0 Å². The Morgan fingerprint density at radius 2 is 1.91 bits per heavy atom. The summed E-state index contributed by atoms with van der Waals surface area (Å²) < 4.78 is 11.4. The number of carbonyl (C=O) groups is 1. The summed E-state index contributed by atoms with van der Waals surface area (Å²) in [6, 6.07) is 13.4. The second kappa shape index (κ2) is 10.3. The van der Waals surface area contributed by atoms with E-state index in [1.807, 2.05) is 30.3 Å². The second-order valence-corrected chi connectivity index (χ2v) is 9.55. The minimum Gasteiger partial charge on any atom is -0.494 e. The van der Waals surface area contributed by atoms with Crippen LogP contribution in [0.2, 0.25) is 5.02 Å². The first-order chi connectivity index (χ1) is 17.0. The lowest BCUT2D eigenvalue weighted by atomic mass is 9.98. The van der Waals surface area contributed by atoms with Crippen LogP contribution in [0.15, 0.2) is 51.7 Å². The number of benzene rings is 2. The Morgan fingerprint density at radius 3 is 2.69 bits per heavy atom. The molecule has 0 saturated carbocycles. The summed E-state index contributed by atoms with van der Waals surface area (Å²) in [5, 5.41) is 1.57. The van der Waals surface area contributed by atoms with E-state index in [1.54, 1.807) is 11.0 Å². The van der Waals surface area contributed by atoms with Gasteiger partial charge >= 0.3 is 5.63 Å². The average molecular weight is 496 g/mol. The van der Waals surface area contributed by atoms with Gasteiger partial charge in [-0.25, -0.2) is 4.79 Å². The van der Waals surface area contributed by atoms with Crippen LogP contribution < -0.4 is 20.2 Å². The van der Waals surface area contributed by atoms with Crippen molar-refractivity contribution in [1.82, 2.24) is 4.90 Å². The van der Waals surface area contributed by atoms with E-state index in [0.717, 1.165) is 72.9 Å². The smallest absolute Gasteiger partial charge is 0.360 e. The fourth-order valence-electron chi connectivity index (χ4n) is 4.96. The van der Waals surface area contributed by atoms with E-state index in [-0.39, 0.29) is 12.5 Å². The molecule has 7 nitrogen and oxygen atoms in total. The molecule has 1 amide bonds. The SMILES string of the molecule is CCCOc1ccc2oc(=O)c3c(c2c1)CCCN3C(=O)CN1CCN(c2cccc(Cl)c2)CC1. The van der Waals surface area contributed by atoms with Crippen LogP contribution in [0.4, 0.5) is 11.4 Å². The number of fused-ring (bicyclic) bond motifs is 3. The number of amides is 1. The molecular weight excluding hydrogens is 466 g/mol. The molecule has 3 aromatic rings. The maximum atomic E-state index is 13.4. The third-order valence-electron chi connectivity index (χ3n) is 6.71. The van der Waals surface area contributed by atoms with Gasteiger partial charge in [-0.2, -0.15) is 0 Å². The molecule has 8 heteroatoms. The van der Waals surface area contributed by atoms with Crippen LogP contribution in [0.1, 0.15) is 25.3 Å². The van der Waals surface area contributed by atoms with E-state index in [1.165, 1.54) is 0 Å². The van der Waals surface area contributed by atoms with E-state index in [0.29, 0.717) is 24.4 Å². The number of ether oxygens (including phenoxy) is 1. The first-order valence-electron chi connectivity index (χ1n) is 12.3. The number of hydrogen-bond donors (Lipinski definition) is 0. The Balaban J connectivity index is 1.32. The minimum atomic E-state index is -0.450. The maximum Gasteiger partial charge on any atom is 0.360 e. The van der Waals surface area contributed by atoms with Crippen molar-refractivity contribution in [2.75, 3.05) is 55.7 Å². The molecule has 3 heterocycles. The zero-order chi connectivity index (χ0) is 24.4.